The number of hydrogen-bond acceptors (Lipinski definition) is 2. The van der Waals surface area contributed by atoms with Crippen LogP contribution in [-0.4, -0.2) is 25.2 Å². The molecule has 1 unspecified atom stereocenters. The first kappa shape index (κ1) is 6.62. The molecule has 0 radical (unpaired) electrons. The molecule has 58 valence electrons. The quantitative estimate of drug-likeness (QED) is 0.583. The van der Waals surface area contributed by atoms with E-state index in [9.17, 15) is 0 Å². The van der Waals surface area contributed by atoms with Gasteiger partial charge in [-0.25, -0.2) is 0 Å². The van der Waals surface area contributed by atoms with Gasteiger partial charge in [0.25, 0.3) is 0 Å². The minimum absolute atomic E-state index is 0.779. The van der Waals surface area contributed by atoms with Crippen molar-refractivity contribution in [3.63, 3.8) is 0 Å². The van der Waals surface area contributed by atoms with E-state index in [0.29, 0.717) is 0 Å². The highest BCUT2D eigenvalue weighted by Crippen LogP contribution is 2.20. The van der Waals surface area contributed by atoms with E-state index in [1.54, 1.807) is 0 Å². The summed E-state index contributed by atoms with van der Waals surface area (Å²) < 4.78 is 0. The van der Waals surface area contributed by atoms with Crippen molar-refractivity contribution >= 4 is 0 Å². The van der Waals surface area contributed by atoms with E-state index in [2.05, 4.69) is 10.6 Å². The van der Waals surface area contributed by atoms with Gasteiger partial charge in [0, 0.05) is 18.6 Å². The van der Waals surface area contributed by atoms with Gasteiger partial charge in [-0.15, -0.1) is 0 Å². The molecule has 2 rings (SSSR count). The fraction of sp³-hybridized carbons (Fsp3) is 1.00. The normalized spacial score (nSPS) is 34.2. The van der Waals surface area contributed by atoms with E-state index in [1.165, 1.54) is 38.8 Å². The zero-order valence-corrected chi connectivity index (χ0v) is 6.40. The summed E-state index contributed by atoms with van der Waals surface area (Å²) in [6.45, 7) is 2.42. The predicted octanol–water partition coefficient (Wildman–Crippen LogP) is 0.490. The number of rotatable bonds is 2. The molecule has 10 heavy (non-hydrogen) atoms. The van der Waals surface area contributed by atoms with Gasteiger partial charge in [0.05, 0.1) is 0 Å². The van der Waals surface area contributed by atoms with Crippen LogP contribution in [0.25, 0.3) is 0 Å². The van der Waals surface area contributed by atoms with Crippen molar-refractivity contribution in [3.05, 3.63) is 0 Å². The molecule has 2 aliphatic rings. The molecule has 0 spiro atoms. The molecule has 1 heterocycles. The maximum absolute atomic E-state index is 3.63. The molecular formula is C8H16N2. The zero-order valence-electron chi connectivity index (χ0n) is 6.40. The first-order valence-corrected chi connectivity index (χ1v) is 4.42. The van der Waals surface area contributed by atoms with Crippen LogP contribution in [0, 0.1) is 0 Å². The van der Waals surface area contributed by atoms with E-state index < -0.39 is 0 Å². The molecule has 2 fully saturated rings. The monoisotopic (exact) mass is 140 g/mol. The lowest BCUT2D eigenvalue weighted by atomic mass is 10.1. The molecular weight excluding hydrogens is 124 g/mol. The standard InChI is InChI=1S/C8H16N2/c1-2-8(6-9-5-1)10-7-3-4-7/h7-10H,1-6H2. The second-order valence-electron chi connectivity index (χ2n) is 3.48. The highest BCUT2D eigenvalue weighted by atomic mass is 15.0. The Morgan fingerprint density at radius 1 is 1.10 bits per heavy atom. The van der Waals surface area contributed by atoms with Gasteiger partial charge < -0.3 is 10.6 Å². The Morgan fingerprint density at radius 3 is 2.60 bits per heavy atom. The first-order valence-electron chi connectivity index (χ1n) is 4.42. The van der Waals surface area contributed by atoms with Crippen molar-refractivity contribution in [3.8, 4) is 0 Å². The summed E-state index contributed by atoms with van der Waals surface area (Å²) in [4.78, 5) is 0. The van der Waals surface area contributed by atoms with E-state index in [-0.39, 0.29) is 0 Å². The fourth-order valence-electron chi connectivity index (χ4n) is 1.58. The van der Waals surface area contributed by atoms with Gasteiger partial charge >= 0.3 is 0 Å². The van der Waals surface area contributed by atoms with Gasteiger partial charge in [-0.05, 0) is 32.2 Å². The largest absolute Gasteiger partial charge is 0.315 e. The number of piperidine rings is 1. The van der Waals surface area contributed by atoms with Crippen LogP contribution < -0.4 is 10.6 Å². The zero-order chi connectivity index (χ0) is 6.81. The lowest BCUT2D eigenvalue weighted by Gasteiger charge is -2.23. The second-order valence-corrected chi connectivity index (χ2v) is 3.48. The molecule has 2 heteroatoms. The van der Waals surface area contributed by atoms with E-state index >= 15 is 0 Å². The molecule has 0 aromatic rings. The van der Waals surface area contributed by atoms with Crippen LogP contribution in [0.15, 0.2) is 0 Å². The summed E-state index contributed by atoms with van der Waals surface area (Å²) >= 11 is 0. The SMILES string of the molecule is C1CNCC(NC2CC2)C1. The van der Waals surface area contributed by atoms with Crippen molar-refractivity contribution in [1.29, 1.82) is 0 Å². The summed E-state index contributed by atoms with van der Waals surface area (Å²) in [5, 5.41) is 7.04. The van der Waals surface area contributed by atoms with Gasteiger partial charge in [0.15, 0.2) is 0 Å². The van der Waals surface area contributed by atoms with Gasteiger partial charge in [-0.3, -0.25) is 0 Å². The minimum atomic E-state index is 0.779. The Morgan fingerprint density at radius 2 is 2.00 bits per heavy atom. The molecule has 1 aliphatic carbocycles. The van der Waals surface area contributed by atoms with E-state index in [1.807, 2.05) is 0 Å². The van der Waals surface area contributed by atoms with Gasteiger partial charge in [0.1, 0.15) is 0 Å². The molecule has 1 atom stereocenters. The Kier molecular flexibility index (Phi) is 1.91. The molecule has 0 bridgehead atoms. The van der Waals surface area contributed by atoms with Crippen molar-refractivity contribution < 1.29 is 0 Å². The van der Waals surface area contributed by atoms with Crippen LogP contribution in [0.2, 0.25) is 0 Å². The average molecular weight is 140 g/mol. The maximum Gasteiger partial charge on any atom is 0.0195 e. The van der Waals surface area contributed by atoms with Gasteiger partial charge in [-0.1, -0.05) is 0 Å². The summed E-state index contributed by atoms with van der Waals surface area (Å²) in [6, 6.07) is 1.66. The van der Waals surface area contributed by atoms with Gasteiger partial charge in [-0.2, -0.15) is 0 Å². The van der Waals surface area contributed by atoms with E-state index in [4.69, 9.17) is 0 Å². The fourth-order valence-corrected chi connectivity index (χ4v) is 1.58. The highest BCUT2D eigenvalue weighted by Gasteiger charge is 2.24. The van der Waals surface area contributed by atoms with Crippen LogP contribution in [0.1, 0.15) is 25.7 Å². The van der Waals surface area contributed by atoms with E-state index in [0.717, 1.165) is 12.1 Å². The highest BCUT2D eigenvalue weighted by molar-refractivity contribution is 4.86. The third-order valence-electron chi connectivity index (χ3n) is 2.35. The minimum Gasteiger partial charge on any atom is -0.315 e. The van der Waals surface area contributed by atoms with Crippen LogP contribution in [0.3, 0.4) is 0 Å². The molecule has 2 N–H and O–H groups in total. The third kappa shape index (κ3) is 1.70. The van der Waals surface area contributed by atoms with Gasteiger partial charge in [0.2, 0.25) is 0 Å². The lowest BCUT2D eigenvalue weighted by molar-refractivity contribution is 0.388. The Hall–Kier alpha value is -0.0800. The maximum atomic E-state index is 3.63. The number of nitrogens with one attached hydrogen (secondary N) is 2. The Bertz CT molecular complexity index is 104. The third-order valence-corrected chi connectivity index (χ3v) is 2.35. The average Bonchev–Trinajstić information content (AvgIpc) is 2.74. The van der Waals surface area contributed by atoms with Crippen molar-refractivity contribution in [2.24, 2.45) is 0 Å². The molecule has 1 saturated heterocycles. The summed E-state index contributed by atoms with van der Waals surface area (Å²) in [5.41, 5.74) is 0. The summed E-state index contributed by atoms with van der Waals surface area (Å²) in [6.07, 6.45) is 5.56. The molecule has 0 aromatic carbocycles. The molecule has 0 amide bonds. The van der Waals surface area contributed by atoms with Crippen LogP contribution >= 0.6 is 0 Å². The van der Waals surface area contributed by atoms with Crippen LogP contribution in [0.4, 0.5) is 0 Å². The smallest absolute Gasteiger partial charge is 0.0195 e. The lowest BCUT2D eigenvalue weighted by Crippen LogP contribution is -2.43. The Balaban J connectivity index is 1.69. The summed E-state index contributed by atoms with van der Waals surface area (Å²) in [5.74, 6) is 0. The van der Waals surface area contributed by atoms with Crippen molar-refractivity contribution in [1.82, 2.24) is 10.6 Å². The molecule has 2 nitrogen and oxygen atoms in total. The molecule has 1 aliphatic heterocycles. The summed E-state index contributed by atoms with van der Waals surface area (Å²) in [7, 11) is 0. The van der Waals surface area contributed by atoms with Crippen molar-refractivity contribution in [2.75, 3.05) is 13.1 Å². The van der Waals surface area contributed by atoms with Crippen LogP contribution in [0.5, 0.6) is 0 Å². The first-order chi connectivity index (χ1) is 4.95. The molecule has 0 aromatic heterocycles. The van der Waals surface area contributed by atoms with Crippen LogP contribution in [-0.2, 0) is 0 Å². The number of hydrogen-bond donors (Lipinski definition) is 2. The topological polar surface area (TPSA) is 24.1 Å². The Labute approximate surface area is 62.4 Å². The second kappa shape index (κ2) is 2.89. The molecule has 1 saturated carbocycles. The van der Waals surface area contributed by atoms with Crippen molar-refractivity contribution in [2.45, 2.75) is 37.8 Å². The predicted molar refractivity (Wildman–Crippen MR) is 42.0 cm³/mol.